The first-order valence-corrected chi connectivity index (χ1v) is 12.6. The van der Waals surface area contributed by atoms with Crippen LogP contribution in [0.2, 0.25) is 10.0 Å². The average Bonchev–Trinajstić information content (AvgIpc) is 2.87. The van der Waals surface area contributed by atoms with Crippen molar-refractivity contribution in [1.29, 1.82) is 0 Å². The molecule has 0 atom stereocenters. The smallest absolute Gasteiger partial charge is 0.242 e. The van der Waals surface area contributed by atoms with Gasteiger partial charge in [-0.2, -0.15) is 0 Å². The fraction of sp³-hybridized carbons (Fsp3) is 0.292. The van der Waals surface area contributed by atoms with Gasteiger partial charge in [0.25, 0.3) is 0 Å². The zero-order chi connectivity index (χ0) is 25.7. The Kier molecular flexibility index (Phi) is 8.82. The lowest BCUT2D eigenvalue weighted by atomic mass is 9.93. The number of aliphatic hydroxyl groups excluding tert-OH is 2. The van der Waals surface area contributed by atoms with Crippen LogP contribution in [-0.2, 0) is 6.61 Å². The third kappa shape index (κ3) is 6.55. The first-order valence-electron chi connectivity index (χ1n) is 11.0. The topological polar surface area (TPSA) is 103 Å². The summed E-state index contributed by atoms with van der Waals surface area (Å²) >= 11 is 13.2. The van der Waals surface area contributed by atoms with Crippen molar-refractivity contribution >= 4 is 46.8 Å². The number of aliphatic hydroxyl groups is 2. The summed E-state index contributed by atoms with van der Waals surface area (Å²) in [6.45, 7) is -0.308. The van der Waals surface area contributed by atoms with Crippen LogP contribution in [0.4, 0.5) is 20.4 Å². The van der Waals surface area contributed by atoms with Gasteiger partial charge in [0.05, 0.1) is 35.2 Å². The molecule has 12 heteroatoms. The SMILES string of the molecule is OCc1cc(Cl)cc(SNc2ccc(F)c(C#Cc3cnc(NC4CCC(O)CC4)nn3)c2F)c1Cl. The van der Waals surface area contributed by atoms with Crippen LogP contribution in [0.1, 0.15) is 42.5 Å². The standard InChI is InChI=1S/C24H21Cl2F2N5O2S/c25-14-9-13(12-34)22(26)21(10-14)36-33-20-8-7-19(27)18(23(20)28)6-3-16-11-29-24(32-31-16)30-15-1-4-17(35)5-2-15/h7-11,15,17,33-35H,1-2,4-5,12H2,(H,29,30,32). The third-order valence-electron chi connectivity index (χ3n) is 5.52. The zero-order valence-corrected chi connectivity index (χ0v) is 21.1. The molecule has 188 valence electrons. The predicted octanol–water partition coefficient (Wildman–Crippen LogP) is 5.18. The van der Waals surface area contributed by atoms with E-state index in [1.165, 1.54) is 18.3 Å². The van der Waals surface area contributed by atoms with Crippen LogP contribution >= 0.6 is 35.1 Å². The van der Waals surface area contributed by atoms with Crippen molar-refractivity contribution in [3.05, 3.63) is 69.0 Å². The number of hydrogen-bond acceptors (Lipinski definition) is 8. The van der Waals surface area contributed by atoms with Crippen LogP contribution in [0.25, 0.3) is 0 Å². The molecule has 1 heterocycles. The van der Waals surface area contributed by atoms with Crippen molar-refractivity contribution in [1.82, 2.24) is 15.2 Å². The lowest BCUT2D eigenvalue weighted by Crippen LogP contribution is -2.29. The Balaban J connectivity index is 1.46. The highest BCUT2D eigenvalue weighted by atomic mass is 35.5. The molecule has 1 aliphatic rings. The maximum atomic E-state index is 15.0. The molecule has 0 radical (unpaired) electrons. The molecule has 0 unspecified atom stereocenters. The lowest BCUT2D eigenvalue weighted by Gasteiger charge is -2.25. The van der Waals surface area contributed by atoms with E-state index in [-0.39, 0.29) is 35.2 Å². The summed E-state index contributed by atoms with van der Waals surface area (Å²) in [5.41, 5.74) is 0.105. The summed E-state index contributed by atoms with van der Waals surface area (Å²) in [7, 11) is 0. The number of nitrogens with zero attached hydrogens (tertiary/aromatic N) is 3. The molecule has 1 fully saturated rings. The number of rotatable bonds is 6. The fourth-order valence-electron chi connectivity index (χ4n) is 3.59. The van der Waals surface area contributed by atoms with Gasteiger partial charge in [0.15, 0.2) is 11.5 Å². The summed E-state index contributed by atoms with van der Waals surface area (Å²) in [6, 6.07) is 5.57. The minimum Gasteiger partial charge on any atom is -0.393 e. The highest BCUT2D eigenvalue weighted by Crippen LogP contribution is 2.35. The summed E-state index contributed by atoms with van der Waals surface area (Å²) in [6.07, 6.45) is 4.15. The number of nitrogens with one attached hydrogen (secondary N) is 2. The van der Waals surface area contributed by atoms with Gasteiger partial charge in [-0.15, -0.1) is 10.2 Å². The van der Waals surface area contributed by atoms with Crippen molar-refractivity contribution in [2.75, 3.05) is 10.0 Å². The van der Waals surface area contributed by atoms with Crippen LogP contribution in [0.5, 0.6) is 0 Å². The second kappa shape index (κ2) is 12.0. The van der Waals surface area contributed by atoms with Gasteiger partial charge in [-0.05, 0) is 73.4 Å². The van der Waals surface area contributed by atoms with E-state index < -0.39 is 17.2 Å². The van der Waals surface area contributed by atoms with Crippen LogP contribution in [0.15, 0.2) is 35.4 Å². The second-order valence-corrected chi connectivity index (χ2v) is 9.75. The van der Waals surface area contributed by atoms with Gasteiger partial charge in [-0.1, -0.05) is 29.1 Å². The van der Waals surface area contributed by atoms with Crippen molar-refractivity contribution in [2.24, 2.45) is 0 Å². The Morgan fingerprint density at radius 2 is 1.86 bits per heavy atom. The average molecular weight is 552 g/mol. The third-order valence-corrected chi connectivity index (χ3v) is 7.16. The predicted molar refractivity (Wildman–Crippen MR) is 136 cm³/mol. The largest absolute Gasteiger partial charge is 0.393 e. The van der Waals surface area contributed by atoms with Crippen molar-refractivity contribution < 1.29 is 19.0 Å². The maximum Gasteiger partial charge on any atom is 0.242 e. The summed E-state index contributed by atoms with van der Waals surface area (Å²) < 4.78 is 32.1. The van der Waals surface area contributed by atoms with Crippen LogP contribution in [0, 0.1) is 23.5 Å². The second-order valence-electron chi connectivity index (χ2n) is 8.09. The zero-order valence-electron chi connectivity index (χ0n) is 18.7. The molecular weight excluding hydrogens is 531 g/mol. The first kappa shape index (κ1) is 26.4. The highest BCUT2D eigenvalue weighted by Gasteiger charge is 2.20. The first-order chi connectivity index (χ1) is 17.3. The Morgan fingerprint density at radius 1 is 1.08 bits per heavy atom. The molecular formula is C24H21Cl2F2N5O2S. The minimum atomic E-state index is -0.894. The van der Waals surface area contributed by atoms with Gasteiger partial charge >= 0.3 is 0 Å². The van der Waals surface area contributed by atoms with E-state index in [0.717, 1.165) is 30.9 Å². The number of benzene rings is 2. The monoisotopic (exact) mass is 551 g/mol. The van der Waals surface area contributed by atoms with E-state index >= 15 is 4.39 Å². The number of aromatic nitrogens is 3. The van der Waals surface area contributed by atoms with Gasteiger partial charge in [0.1, 0.15) is 5.82 Å². The molecule has 0 amide bonds. The van der Waals surface area contributed by atoms with Crippen molar-refractivity contribution in [3.8, 4) is 11.8 Å². The molecule has 3 aromatic rings. The van der Waals surface area contributed by atoms with Crippen LogP contribution < -0.4 is 10.0 Å². The van der Waals surface area contributed by atoms with E-state index in [2.05, 4.69) is 37.1 Å². The quantitative estimate of drug-likeness (QED) is 0.245. The molecule has 0 bridgehead atoms. The molecule has 4 N–H and O–H groups in total. The Hall–Kier alpha value is -2.68. The molecule has 1 aliphatic carbocycles. The molecule has 0 spiro atoms. The molecule has 1 saturated carbocycles. The van der Waals surface area contributed by atoms with E-state index in [1.54, 1.807) is 6.07 Å². The number of halogens is 4. The molecule has 36 heavy (non-hydrogen) atoms. The van der Waals surface area contributed by atoms with Gasteiger partial charge in [0.2, 0.25) is 5.95 Å². The lowest BCUT2D eigenvalue weighted by molar-refractivity contribution is 0.126. The molecule has 2 aromatic carbocycles. The summed E-state index contributed by atoms with van der Waals surface area (Å²) in [4.78, 5) is 4.63. The van der Waals surface area contributed by atoms with E-state index in [0.29, 0.717) is 34.3 Å². The Bertz CT molecular complexity index is 1300. The van der Waals surface area contributed by atoms with Gasteiger partial charge in [-0.25, -0.2) is 13.8 Å². The fourth-order valence-corrected chi connectivity index (χ4v) is 4.97. The molecule has 1 aromatic heterocycles. The van der Waals surface area contributed by atoms with E-state index in [4.69, 9.17) is 23.2 Å². The number of hydrogen-bond donors (Lipinski definition) is 4. The Labute approximate surface area is 220 Å². The highest BCUT2D eigenvalue weighted by molar-refractivity contribution is 8.00. The molecule has 4 rings (SSSR count). The summed E-state index contributed by atoms with van der Waals surface area (Å²) in [5.74, 6) is 3.64. The van der Waals surface area contributed by atoms with E-state index in [1.807, 2.05) is 0 Å². The maximum absolute atomic E-state index is 15.0. The van der Waals surface area contributed by atoms with E-state index in [9.17, 15) is 14.6 Å². The van der Waals surface area contributed by atoms with Crippen LogP contribution in [0.3, 0.4) is 0 Å². The van der Waals surface area contributed by atoms with Crippen molar-refractivity contribution in [3.63, 3.8) is 0 Å². The molecule has 0 aliphatic heterocycles. The van der Waals surface area contributed by atoms with Crippen molar-refractivity contribution in [2.45, 2.75) is 49.3 Å². The summed E-state index contributed by atoms with van der Waals surface area (Å²) in [5, 5.41) is 30.7. The molecule has 0 saturated heterocycles. The number of anilines is 2. The van der Waals surface area contributed by atoms with Crippen LogP contribution in [-0.4, -0.2) is 37.5 Å². The molecule has 7 nitrogen and oxygen atoms in total. The Morgan fingerprint density at radius 3 is 2.56 bits per heavy atom. The van der Waals surface area contributed by atoms with Gasteiger partial charge < -0.3 is 20.3 Å². The van der Waals surface area contributed by atoms with Gasteiger partial charge in [0, 0.05) is 16.0 Å². The normalized spacial score (nSPS) is 17.3. The minimum absolute atomic E-state index is 0.0198. The van der Waals surface area contributed by atoms with Gasteiger partial charge in [-0.3, -0.25) is 0 Å².